The number of H-pyrrole nitrogens is 1. The van der Waals surface area contributed by atoms with E-state index < -0.39 is 0 Å². The Morgan fingerprint density at radius 3 is 2.38 bits per heavy atom. The summed E-state index contributed by atoms with van der Waals surface area (Å²) in [5.41, 5.74) is 3.73. The van der Waals surface area contributed by atoms with Gasteiger partial charge in [0.25, 0.3) is 0 Å². The monoisotopic (exact) mass is 277 g/mol. The lowest BCUT2D eigenvalue weighted by Gasteiger charge is -1.99. The summed E-state index contributed by atoms with van der Waals surface area (Å²) in [4.78, 5) is 7.81. The molecule has 0 saturated heterocycles. The lowest BCUT2D eigenvalue weighted by molar-refractivity contribution is 1.17. The van der Waals surface area contributed by atoms with E-state index in [4.69, 9.17) is 0 Å². The molecule has 0 aliphatic carbocycles. The Morgan fingerprint density at radius 1 is 1.00 bits per heavy atom. The molecule has 1 N–H and O–H groups in total. The molecule has 3 heteroatoms. The van der Waals surface area contributed by atoms with Crippen LogP contribution in [0, 0.1) is 0 Å². The summed E-state index contributed by atoms with van der Waals surface area (Å²) in [5, 5.41) is 0. The van der Waals surface area contributed by atoms with Crippen LogP contribution >= 0.6 is 0 Å². The number of imidazole rings is 2. The number of nitrogens with zero attached hydrogens (tertiary/aromatic N) is 2. The molecule has 0 fully saturated rings. The number of aromatic nitrogens is 3. The highest BCUT2D eigenvalue weighted by molar-refractivity contribution is 5.71. The molecule has 0 bridgehead atoms. The Hall–Kier alpha value is -2.81. The van der Waals surface area contributed by atoms with Crippen LogP contribution in [0.15, 0.2) is 50.1 Å². The zero-order valence-electron chi connectivity index (χ0n) is 12.2. The zero-order chi connectivity index (χ0) is 15.2. The Kier molecular flexibility index (Phi) is 4.57. The summed E-state index contributed by atoms with van der Waals surface area (Å²) in [5.74, 6) is 0.767. The van der Waals surface area contributed by atoms with Crippen LogP contribution in [0.1, 0.15) is 29.7 Å². The fraction of sp³-hybridized carbons (Fsp3) is 0.0556. The second kappa shape index (κ2) is 6.57. The van der Waals surface area contributed by atoms with Crippen molar-refractivity contribution < 1.29 is 0 Å². The molecule has 106 valence electrons. The lowest BCUT2D eigenvalue weighted by Crippen LogP contribution is -1.90. The van der Waals surface area contributed by atoms with Crippen molar-refractivity contribution in [1.82, 2.24) is 14.4 Å². The largest absolute Gasteiger partial charge is 0.323 e. The molecule has 0 spiro atoms. The quantitative estimate of drug-likeness (QED) is 0.760. The molecule has 0 amide bonds. The second-order valence-electron chi connectivity index (χ2n) is 4.35. The Morgan fingerprint density at radius 2 is 1.76 bits per heavy atom. The minimum absolute atomic E-state index is 0.767. The van der Waals surface area contributed by atoms with Crippen LogP contribution in [-0.4, -0.2) is 14.4 Å². The van der Waals surface area contributed by atoms with Crippen molar-refractivity contribution in [3.63, 3.8) is 0 Å². The van der Waals surface area contributed by atoms with Crippen molar-refractivity contribution in [2.75, 3.05) is 0 Å². The fourth-order valence-electron chi connectivity index (χ4n) is 2.13. The molecule has 0 radical (unpaired) electrons. The van der Waals surface area contributed by atoms with Gasteiger partial charge >= 0.3 is 0 Å². The van der Waals surface area contributed by atoms with Crippen molar-refractivity contribution in [1.29, 1.82) is 0 Å². The molecule has 21 heavy (non-hydrogen) atoms. The van der Waals surface area contributed by atoms with Gasteiger partial charge in [0.2, 0.25) is 5.78 Å². The highest BCUT2D eigenvalue weighted by Gasteiger charge is 2.14. The molecule has 2 heterocycles. The van der Waals surface area contributed by atoms with Crippen LogP contribution in [0.4, 0.5) is 0 Å². The van der Waals surface area contributed by atoms with Gasteiger partial charge in [-0.15, -0.1) is 0 Å². The van der Waals surface area contributed by atoms with Gasteiger partial charge in [-0.05, 0) is 31.2 Å². The molecular weight excluding hydrogens is 258 g/mol. The van der Waals surface area contributed by atoms with Gasteiger partial charge in [0, 0.05) is 0 Å². The number of hydrogen-bond donors (Lipinski definition) is 1. The van der Waals surface area contributed by atoms with E-state index in [1.165, 1.54) is 0 Å². The smallest absolute Gasteiger partial charge is 0.213 e. The fourth-order valence-corrected chi connectivity index (χ4v) is 2.13. The first-order valence-electron chi connectivity index (χ1n) is 6.74. The van der Waals surface area contributed by atoms with Crippen LogP contribution in [0.5, 0.6) is 0 Å². The van der Waals surface area contributed by atoms with Gasteiger partial charge in [-0.1, -0.05) is 50.1 Å². The Bertz CT molecular complexity index is 764. The normalized spacial score (nSPS) is 12.0. The van der Waals surface area contributed by atoms with Crippen LogP contribution in [0.2, 0.25) is 0 Å². The highest BCUT2D eigenvalue weighted by atomic mass is 15.1. The van der Waals surface area contributed by atoms with Crippen LogP contribution < -0.4 is 0 Å². The van der Waals surface area contributed by atoms with Gasteiger partial charge in [0.15, 0.2) is 0 Å². The van der Waals surface area contributed by atoms with Gasteiger partial charge in [-0.3, -0.25) is 4.40 Å². The molecule has 0 atom stereocenters. The number of hydrogen-bond acceptors (Lipinski definition) is 1. The van der Waals surface area contributed by atoms with E-state index in [0.29, 0.717) is 0 Å². The zero-order valence-corrected chi connectivity index (χ0v) is 12.2. The maximum atomic E-state index is 4.55. The van der Waals surface area contributed by atoms with Gasteiger partial charge in [-0.2, -0.15) is 0 Å². The summed E-state index contributed by atoms with van der Waals surface area (Å²) < 4.78 is 2.05. The summed E-state index contributed by atoms with van der Waals surface area (Å²) in [6.45, 7) is 13.4. The summed E-state index contributed by atoms with van der Waals surface area (Å²) in [7, 11) is 0. The standard InChI is InChI=1S/C18H19N3/c1-5-9-11-13-17-15(8-4)20-18-19-14(7-3)16(21(17)18)12-10-6-2/h5-13H,2-4H2,1H3,(H,19,20)/b9-5-,12-10-,13-11-. The first-order valence-corrected chi connectivity index (χ1v) is 6.74. The molecule has 3 nitrogen and oxygen atoms in total. The van der Waals surface area contributed by atoms with Gasteiger partial charge in [0.05, 0.1) is 22.8 Å². The number of nitrogens with one attached hydrogen (secondary N) is 1. The van der Waals surface area contributed by atoms with Crippen molar-refractivity contribution in [3.05, 3.63) is 72.9 Å². The van der Waals surface area contributed by atoms with Gasteiger partial charge in [0.1, 0.15) is 0 Å². The van der Waals surface area contributed by atoms with E-state index in [1.807, 2.05) is 47.8 Å². The number of allylic oxidation sites excluding steroid dienone is 5. The van der Waals surface area contributed by atoms with Crippen molar-refractivity contribution >= 4 is 30.1 Å². The maximum Gasteiger partial charge on any atom is 0.213 e. The van der Waals surface area contributed by atoms with E-state index in [2.05, 4.69) is 29.7 Å². The Labute approximate surface area is 125 Å². The van der Waals surface area contributed by atoms with Crippen molar-refractivity contribution in [2.45, 2.75) is 6.92 Å². The highest BCUT2D eigenvalue weighted by Crippen LogP contribution is 2.22. The predicted molar refractivity (Wildman–Crippen MR) is 92.8 cm³/mol. The number of aromatic amines is 1. The molecule has 2 rings (SSSR count). The Balaban J connectivity index is 2.76. The third-order valence-electron chi connectivity index (χ3n) is 3.05. The molecule has 0 aliphatic rings. The van der Waals surface area contributed by atoms with E-state index in [1.54, 1.807) is 18.2 Å². The van der Waals surface area contributed by atoms with Crippen molar-refractivity contribution in [3.8, 4) is 0 Å². The number of fused-ring (bicyclic) bond motifs is 1. The third kappa shape index (κ3) is 2.72. The molecule has 0 unspecified atom stereocenters. The third-order valence-corrected chi connectivity index (χ3v) is 3.05. The lowest BCUT2D eigenvalue weighted by atomic mass is 10.2. The summed E-state index contributed by atoms with van der Waals surface area (Å²) in [6, 6.07) is 0. The average molecular weight is 277 g/mol. The van der Waals surface area contributed by atoms with Crippen molar-refractivity contribution in [2.24, 2.45) is 0 Å². The topological polar surface area (TPSA) is 33.1 Å². The number of rotatable bonds is 6. The summed E-state index contributed by atoms with van der Waals surface area (Å²) in [6.07, 6.45) is 17.1. The van der Waals surface area contributed by atoms with Crippen LogP contribution in [-0.2, 0) is 0 Å². The van der Waals surface area contributed by atoms with Crippen LogP contribution in [0.25, 0.3) is 30.1 Å². The van der Waals surface area contributed by atoms with Gasteiger partial charge < -0.3 is 4.98 Å². The minimum atomic E-state index is 0.767. The molecular formula is C18H19N3. The van der Waals surface area contributed by atoms with Gasteiger partial charge in [-0.25, -0.2) is 4.98 Å². The SMILES string of the molecule is C=C/C=C\c1c(C=C)[nH]c2nc(C=C)c(/C=C\C=C/C)n12. The minimum Gasteiger partial charge on any atom is -0.323 e. The first kappa shape index (κ1) is 14.6. The molecule has 2 aromatic heterocycles. The molecule has 0 saturated carbocycles. The predicted octanol–water partition coefficient (Wildman–Crippen LogP) is 4.74. The van der Waals surface area contributed by atoms with E-state index >= 15 is 0 Å². The van der Waals surface area contributed by atoms with Crippen LogP contribution in [0.3, 0.4) is 0 Å². The van der Waals surface area contributed by atoms with E-state index in [0.717, 1.165) is 28.6 Å². The molecule has 0 aromatic carbocycles. The maximum absolute atomic E-state index is 4.55. The second-order valence-corrected chi connectivity index (χ2v) is 4.35. The first-order chi connectivity index (χ1) is 10.3. The molecule has 2 aromatic rings. The average Bonchev–Trinajstić information content (AvgIpc) is 3.01. The van der Waals surface area contributed by atoms with E-state index in [-0.39, 0.29) is 0 Å². The molecule has 0 aliphatic heterocycles. The van der Waals surface area contributed by atoms with E-state index in [9.17, 15) is 0 Å². The summed E-state index contributed by atoms with van der Waals surface area (Å²) >= 11 is 0.